The zero-order chi connectivity index (χ0) is 16.8. The van der Waals surface area contributed by atoms with Gasteiger partial charge in [-0.05, 0) is 51.0 Å². The molecular formula is C18H23N3O2. The summed E-state index contributed by atoms with van der Waals surface area (Å²) in [7, 11) is 0. The molecule has 2 N–H and O–H groups in total. The summed E-state index contributed by atoms with van der Waals surface area (Å²) in [5, 5.41) is 5.73. The molecule has 0 bridgehead atoms. The Hall–Kier alpha value is -2.56. The highest BCUT2D eigenvalue weighted by Gasteiger charge is 2.14. The molecule has 1 aromatic heterocycles. The SMILES string of the molecule is Cc1ccccc1C(C)NC(=O)Nc1cccnc1OC(C)C. The van der Waals surface area contributed by atoms with Crippen LogP contribution >= 0.6 is 0 Å². The van der Waals surface area contributed by atoms with E-state index in [9.17, 15) is 4.79 Å². The molecule has 0 saturated carbocycles. The fourth-order valence-electron chi connectivity index (χ4n) is 2.31. The molecule has 2 aromatic rings. The standard InChI is InChI=1S/C18H23N3O2/c1-12(2)23-17-16(10-7-11-19-17)21-18(22)20-14(4)15-9-6-5-8-13(15)3/h5-12,14H,1-4H3,(H2,20,21,22). The first-order valence-corrected chi connectivity index (χ1v) is 7.72. The molecule has 23 heavy (non-hydrogen) atoms. The Morgan fingerprint density at radius 2 is 1.87 bits per heavy atom. The summed E-state index contributed by atoms with van der Waals surface area (Å²) in [4.78, 5) is 16.4. The lowest BCUT2D eigenvalue weighted by Crippen LogP contribution is -2.31. The van der Waals surface area contributed by atoms with Crippen molar-refractivity contribution in [1.82, 2.24) is 10.3 Å². The average Bonchev–Trinajstić information content (AvgIpc) is 2.49. The third-order valence-electron chi connectivity index (χ3n) is 3.37. The Balaban J connectivity index is 2.04. The maximum absolute atomic E-state index is 12.2. The van der Waals surface area contributed by atoms with E-state index >= 15 is 0 Å². The topological polar surface area (TPSA) is 63.2 Å². The van der Waals surface area contributed by atoms with Crippen molar-refractivity contribution in [3.63, 3.8) is 0 Å². The number of rotatable bonds is 5. The van der Waals surface area contributed by atoms with Gasteiger partial charge in [-0.15, -0.1) is 0 Å². The quantitative estimate of drug-likeness (QED) is 0.875. The predicted octanol–water partition coefficient (Wildman–Crippen LogP) is 4.06. The highest BCUT2D eigenvalue weighted by Crippen LogP contribution is 2.22. The van der Waals surface area contributed by atoms with Gasteiger partial charge in [-0.3, -0.25) is 0 Å². The Morgan fingerprint density at radius 3 is 2.57 bits per heavy atom. The van der Waals surface area contributed by atoms with Gasteiger partial charge in [0.1, 0.15) is 5.69 Å². The number of urea groups is 1. The van der Waals surface area contributed by atoms with Gasteiger partial charge in [-0.25, -0.2) is 9.78 Å². The van der Waals surface area contributed by atoms with E-state index in [1.807, 2.05) is 52.0 Å². The van der Waals surface area contributed by atoms with Crippen LogP contribution in [-0.4, -0.2) is 17.1 Å². The fourth-order valence-corrected chi connectivity index (χ4v) is 2.31. The molecule has 1 aromatic carbocycles. The lowest BCUT2D eigenvalue weighted by atomic mass is 10.0. The van der Waals surface area contributed by atoms with E-state index in [0.29, 0.717) is 11.6 Å². The maximum Gasteiger partial charge on any atom is 0.319 e. The van der Waals surface area contributed by atoms with Gasteiger partial charge < -0.3 is 15.4 Å². The van der Waals surface area contributed by atoms with Crippen molar-refractivity contribution in [3.8, 4) is 5.88 Å². The monoisotopic (exact) mass is 313 g/mol. The minimum absolute atomic E-state index is 0.0144. The number of pyridine rings is 1. The van der Waals surface area contributed by atoms with E-state index < -0.39 is 0 Å². The van der Waals surface area contributed by atoms with Gasteiger partial charge in [0.05, 0.1) is 12.1 Å². The number of hydrogen-bond acceptors (Lipinski definition) is 3. The molecule has 5 nitrogen and oxygen atoms in total. The van der Waals surface area contributed by atoms with Crippen molar-refractivity contribution in [1.29, 1.82) is 0 Å². The molecule has 0 aliphatic heterocycles. The zero-order valence-electron chi connectivity index (χ0n) is 14.0. The Bertz CT molecular complexity index is 671. The van der Waals surface area contributed by atoms with E-state index in [1.54, 1.807) is 18.3 Å². The Morgan fingerprint density at radius 1 is 1.13 bits per heavy atom. The van der Waals surface area contributed by atoms with Crippen molar-refractivity contribution >= 4 is 11.7 Å². The van der Waals surface area contributed by atoms with Crippen molar-refractivity contribution < 1.29 is 9.53 Å². The van der Waals surface area contributed by atoms with Crippen LogP contribution in [0.2, 0.25) is 0 Å². The van der Waals surface area contributed by atoms with E-state index in [2.05, 4.69) is 15.6 Å². The molecule has 2 rings (SSSR count). The second-order valence-corrected chi connectivity index (χ2v) is 5.70. The molecule has 1 atom stereocenters. The molecule has 0 spiro atoms. The fraction of sp³-hybridized carbons (Fsp3) is 0.333. The summed E-state index contributed by atoms with van der Waals surface area (Å²) in [6.07, 6.45) is 1.62. The van der Waals surface area contributed by atoms with E-state index in [4.69, 9.17) is 4.74 Å². The van der Waals surface area contributed by atoms with E-state index in [1.165, 1.54) is 0 Å². The van der Waals surface area contributed by atoms with Crippen LogP contribution in [0.1, 0.15) is 37.9 Å². The lowest BCUT2D eigenvalue weighted by molar-refractivity contribution is 0.232. The second-order valence-electron chi connectivity index (χ2n) is 5.70. The van der Waals surface area contributed by atoms with E-state index in [-0.39, 0.29) is 18.2 Å². The number of ether oxygens (including phenoxy) is 1. The smallest absolute Gasteiger partial charge is 0.319 e. The molecule has 1 heterocycles. The largest absolute Gasteiger partial charge is 0.473 e. The Labute approximate surface area is 137 Å². The van der Waals surface area contributed by atoms with Crippen LogP contribution in [0.15, 0.2) is 42.6 Å². The number of nitrogens with one attached hydrogen (secondary N) is 2. The molecule has 0 aliphatic rings. The number of nitrogens with zero attached hydrogens (tertiary/aromatic N) is 1. The van der Waals surface area contributed by atoms with Crippen LogP contribution in [0.5, 0.6) is 5.88 Å². The maximum atomic E-state index is 12.2. The van der Waals surface area contributed by atoms with Crippen molar-refractivity contribution in [3.05, 3.63) is 53.7 Å². The van der Waals surface area contributed by atoms with Crippen LogP contribution in [0.4, 0.5) is 10.5 Å². The third kappa shape index (κ3) is 4.71. The Kier molecular flexibility index (Phi) is 5.57. The van der Waals surface area contributed by atoms with Gasteiger partial charge in [0.15, 0.2) is 0 Å². The van der Waals surface area contributed by atoms with Crippen molar-refractivity contribution in [2.45, 2.75) is 39.8 Å². The molecule has 0 saturated heterocycles. The predicted molar refractivity (Wildman–Crippen MR) is 91.7 cm³/mol. The molecule has 1 unspecified atom stereocenters. The molecule has 122 valence electrons. The van der Waals surface area contributed by atoms with Gasteiger partial charge in [0.2, 0.25) is 5.88 Å². The summed E-state index contributed by atoms with van der Waals surface area (Å²) >= 11 is 0. The van der Waals surface area contributed by atoms with Crippen LogP contribution in [0.3, 0.4) is 0 Å². The molecule has 0 aliphatic carbocycles. The summed E-state index contributed by atoms with van der Waals surface area (Å²) in [6, 6.07) is 11.1. The molecule has 5 heteroatoms. The molecule has 0 radical (unpaired) electrons. The normalized spacial score (nSPS) is 11.9. The van der Waals surface area contributed by atoms with Crippen LogP contribution in [-0.2, 0) is 0 Å². The van der Waals surface area contributed by atoms with Crippen molar-refractivity contribution in [2.24, 2.45) is 0 Å². The minimum atomic E-state index is -0.289. The van der Waals surface area contributed by atoms with Gasteiger partial charge in [-0.2, -0.15) is 0 Å². The first-order valence-electron chi connectivity index (χ1n) is 7.72. The summed E-state index contributed by atoms with van der Waals surface area (Å²) in [5.74, 6) is 0.418. The summed E-state index contributed by atoms with van der Waals surface area (Å²) < 4.78 is 5.60. The number of aromatic nitrogens is 1. The zero-order valence-corrected chi connectivity index (χ0v) is 14.0. The van der Waals surface area contributed by atoms with Gasteiger partial charge in [0.25, 0.3) is 0 Å². The van der Waals surface area contributed by atoms with Crippen LogP contribution in [0, 0.1) is 6.92 Å². The minimum Gasteiger partial charge on any atom is -0.473 e. The molecular weight excluding hydrogens is 290 g/mol. The number of carbonyl (C=O) groups is 1. The van der Waals surface area contributed by atoms with Crippen LogP contribution in [0.25, 0.3) is 0 Å². The van der Waals surface area contributed by atoms with Crippen LogP contribution < -0.4 is 15.4 Å². The first-order chi connectivity index (χ1) is 11.0. The summed E-state index contributed by atoms with van der Waals surface area (Å²) in [5.41, 5.74) is 2.79. The number of amides is 2. The highest BCUT2D eigenvalue weighted by atomic mass is 16.5. The second kappa shape index (κ2) is 7.63. The van der Waals surface area contributed by atoms with Gasteiger partial charge >= 0.3 is 6.03 Å². The van der Waals surface area contributed by atoms with Gasteiger partial charge in [0, 0.05) is 6.20 Å². The number of carbonyl (C=O) groups excluding carboxylic acids is 1. The molecule has 0 fully saturated rings. The number of benzene rings is 1. The van der Waals surface area contributed by atoms with Crippen molar-refractivity contribution in [2.75, 3.05) is 5.32 Å². The lowest BCUT2D eigenvalue weighted by Gasteiger charge is -2.18. The van der Waals surface area contributed by atoms with Gasteiger partial charge in [-0.1, -0.05) is 24.3 Å². The molecule has 2 amide bonds. The first kappa shape index (κ1) is 16.8. The average molecular weight is 313 g/mol. The third-order valence-corrected chi connectivity index (χ3v) is 3.37. The number of anilines is 1. The highest BCUT2D eigenvalue weighted by molar-refractivity contribution is 5.90. The number of hydrogen-bond donors (Lipinski definition) is 2. The number of aryl methyl sites for hydroxylation is 1. The van der Waals surface area contributed by atoms with E-state index in [0.717, 1.165) is 11.1 Å². The summed E-state index contributed by atoms with van der Waals surface area (Å²) in [6.45, 7) is 7.81.